The number of rotatable bonds is 9. The lowest BCUT2D eigenvalue weighted by Gasteiger charge is -2.29. The second-order valence-electron chi connectivity index (χ2n) is 8.49. The van der Waals surface area contributed by atoms with Crippen molar-refractivity contribution >= 4 is 17.7 Å². The molecule has 1 saturated carbocycles. The Hall–Kier alpha value is -2.76. The van der Waals surface area contributed by atoms with Crippen molar-refractivity contribution in [2.45, 2.75) is 38.6 Å². The molecule has 0 saturated heterocycles. The lowest BCUT2D eigenvalue weighted by atomic mass is 9.77. The van der Waals surface area contributed by atoms with Crippen LogP contribution < -0.4 is 5.32 Å². The smallest absolute Gasteiger partial charge is 0.298 e. The summed E-state index contributed by atoms with van der Waals surface area (Å²) < 4.78 is 5.40. The highest BCUT2D eigenvalue weighted by atomic mass is 16.5. The molecular formula is C27H34N3O2+. The standard InChI is InChI=1S/C27H33N3O2/c1-2-32-18-10-17-28-20-25(31)30-27(22-13-7-4-8-14-22)24-16-9-15-23(26(24)29-30)19-21-11-5-3-6-12-21/h3-8,11-14,19,24,27-28H,2,9-10,15-18,20H2,1H3/p+1/b23-19+/t24-,27-/m1/s1. The molecule has 0 bridgehead atoms. The molecule has 1 aliphatic carbocycles. The Morgan fingerprint density at radius 3 is 2.66 bits per heavy atom. The Morgan fingerprint density at radius 1 is 1.16 bits per heavy atom. The summed E-state index contributed by atoms with van der Waals surface area (Å²) in [6.45, 7) is 4.79. The first-order valence-corrected chi connectivity index (χ1v) is 11.9. The molecule has 1 heterocycles. The van der Waals surface area contributed by atoms with E-state index >= 15 is 0 Å². The zero-order chi connectivity index (χ0) is 22.2. The van der Waals surface area contributed by atoms with Gasteiger partial charge in [-0.15, -0.1) is 0 Å². The minimum absolute atomic E-state index is 0.0185. The molecular weight excluding hydrogens is 398 g/mol. The van der Waals surface area contributed by atoms with Gasteiger partial charge >= 0.3 is 0 Å². The van der Waals surface area contributed by atoms with Gasteiger partial charge in [0.25, 0.3) is 5.91 Å². The molecule has 2 N–H and O–H groups in total. The van der Waals surface area contributed by atoms with Gasteiger partial charge in [-0.3, -0.25) is 4.79 Å². The second-order valence-corrected chi connectivity index (χ2v) is 8.49. The van der Waals surface area contributed by atoms with Crippen LogP contribution in [-0.4, -0.2) is 42.9 Å². The van der Waals surface area contributed by atoms with Gasteiger partial charge in [0.05, 0.1) is 24.9 Å². The van der Waals surface area contributed by atoms with Crippen molar-refractivity contribution in [3.8, 4) is 0 Å². The molecule has 1 fully saturated rings. The minimum atomic E-state index is -0.0185. The summed E-state index contributed by atoms with van der Waals surface area (Å²) in [7, 11) is 0. The number of amides is 1. The van der Waals surface area contributed by atoms with Crippen molar-refractivity contribution < 1.29 is 14.8 Å². The van der Waals surface area contributed by atoms with Crippen LogP contribution in [0.25, 0.3) is 6.08 Å². The van der Waals surface area contributed by atoms with Crippen LogP contribution in [-0.2, 0) is 9.53 Å². The van der Waals surface area contributed by atoms with E-state index in [1.165, 1.54) is 16.7 Å². The van der Waals surface area contributed by atoms with Crippen molar-refractivity contribution in [3.05, 3.63) is 77.4 Å². The zero-order valence-corrected chi connectivity index (χ0v) is 19.0. The van der Waals surface area contributed by atoms with Crippen molar-refractivity contribution in [2.75, 3.05) is 26.3 Å². The van der Waals surface area contributed by atoms with Crippen LogP contribution in [0.3, 0.4) is 0 Å². The lowest BCUT2D eigenvalue weighted by molar-refractivity contribution is -0.645. The van der Waals surface area contributed by atoms with Gasteiger partial charge in [-0.1, -0.05) is 60.7 Å². The highest BCUT2D eigenvalue weighted by Crippen LogP contribution is 2.44. The number of ether oxygens (including phenoxy) is 1. The summed E-state index contributed by atoms with van der Waals surface area (Å²) in [4.78, 5) is 13.3. The van der Waals surface area contributed by atoms with Crippen LogP contribution in [0.5, 0.6) is 0 Å². The maximum absolute atomic E-state index is 13.3. The zero-order valence-electron chi connectivity index (χ0n) is 19.0. The monoisotopic (exact) mass is 432 g/mol. The molecule has 0 unspecified atom stereocenters. The number of nitrogens with zero attached hydrogens (tertiary/aromatic N) is 2. The molecule has 1 aliphatic heterocycles. The Kier molecular flexibility index (Phi) is 7.86. The van der Waals surface area contributed by atoms with Crippen LogP contribution in [0.2, 0.25) is 0 Å². The number of hydrogen-bond donors (Lipinski definition) is 1. The second kappa shape index (κ2) is 11.2. The minimum Gasteiger partial charge on any atom is -0.382 e. The maximum atomic E-state index is 13.3. The summed E-state index contributed by atoms with van der Waals surface area (Å²) in [6, 6.07) is 20.8. The number of nitrogens with two attached hydrogens (primary N) is 1. The van der Waals surface area contributed by atoms with Gasteiger partial charge in [0, 0.05) is 18.9 Å². The third-order valence-electron chi connectivity index (χ3n) is 6.26. The molecule has 0 aromatic heterocycles. The van der Waals surface area contributed by atoms with E-state index in [9.17, 15) is 4.79 Å². The van der Waals surface area contributed by atoms with E-state index in [-0.39, 0.29) is 17.9 Å². The van der Waals surface area contributed by atoms with Crippen LogP contribution in [0.4, 0.5) is 0 Å². The third-order valence-corrected chi connectivity index (χ3v) is 6.26. The molecule has 5 heteroatoms. The number of carbonyl (C=O) groups is 1. The predicted molar refractivity (Wildman–Crippen MR) is 128 cm³/mol. The summed E-state index contributed by atoms with van der Waals surface area (Å²) in [5.41, 5.74) is 4.72. The number of fused-ring (bicyclic) bond motifs is 1. The van der Waals surface area contributed by atoms with Crippen LogP contribution in [0, 0.1) is 5.92 Å². The number of carbonyl (C=O) groups excluding carboxylic acids is 1. The Morgan fingerprint density at radius 2 is 1.91 bits per heavy atom. The molecule has 5 nitrogen and oxygen atoms in total. The van der Waals surface area contributed by atoms with Crippen molar-refractivity contribution in [2.24, 2.45) is 11.0 Å². The lowest BCUT2D eigenvalue weighted by Crippen LogP contribution is -2.86. The van der Waals surface area contributed by atoms with Crippen LogP contribution in [0.15, 0.2) is 71.3 Å². The van der Waals surface area contributed by atoms with E-state index in [4.69, 9.17) is 9.84 Å². The molecule has 0 spiro atoms. The summed E-state index contributed by atoms with van der Waals surface area (Å²) in [5.74, 6) is 0.333. The van der Waals surface area contributed by atoms with Gasteiger partial charge in [-0.2, -0.15) is 5.10 Å². The Labute approximate surface area is 191 Å². The van der Waals surface area contributed by atoms with Crippen LogP contribution >= 0.6 is 0 Å². The normalized spacial score (nSPS) is 21.5. The topological polar surface area (TPSA) is 58.5 Å². The fourth-order valence-electron chi connectivity index (χ4n) is 4.73. The SMILES string of the molecule is CCOCCC[NH2+]CC(=O)N1N=C2/C(=C/c3ccccc3)CCC[C@H]2[C@H]1c1ccccc1. The van der Waals surface area contributed by atoms with E-state index in [0.29, 0.717) is 6.54 Å². The highest BCUT2D eigenvalue weighted by Gasteiger charge is 2.43. The van der Waals surface area contributed by atoms with E-state index < -0.39 is 0 Å². The summed E-state index contributed by atoms with van der Waals surface area (Å²) in [5, 5.41) is 8.81. The highest BCUT2D eigenvalue weighted by molar-refractivity contribution is 6.08. The first-order chi connectivity index (χ1) is 15.8. The van der Waals surface area contributed by atoms with Crippen molar-refractivity contribution in [1.82, 2.24) is 5.01 Å². The van der Waals surface area contributed by atoms with Gasteiger partial charge in [0.2, 0.25) is 0 Å². The largest absolute Gasteiger partial charge is 0.382 e. The fourth-order valence-corrected chi connectivity index (χ4v) is 4.73. The van der Waals surface area contributed by atoms with Crippen molar-refractivity contribution in [1.29, 1.82) is 0 Å². The van der Waals surface area contributed by atoms with Gasteiger partial charge in [0.1, 0.15) is 0 Å². The molecule has 2 atom stereocenters. The first kappa shape index (κ1) is 22.4. The third kappa shape index (κ3) is 5.34. The summed E-state index contributed by atoms with van der Waals surface area (Å²) in [6.07, 6.45) is 6.40. The average molecular weight is 433 g/mol. The number of quaternary nitrogens is 1. The van der Waals surface area contributed by atoms with E-state index in [1.54, 1.807) is 5.01 Å². The Bertz CT molecular complexity index is 940. The number of allylic oxidation sites excluding steroid dienone is 1. The maximum Gasteiger partial charge on any atom is 0.298 e. The number of hydrazone groups is 1. The van der Waals surface area contributed by atoms with Gasteiger partial charge in [-0.25, -0.2) is 5.01 Å². The quantitative estimate of drug-likeness (QED) is 0.613. The summed E-state index contributed by atoms with van der Waals surface area (Å²) >= 11 is 0. The van der Waals surface area contributed by atoms with Crippen LogP contribution in [0.1, 0.15) is 49.8 Å². The molecule has 4 rings (SSSR count). The molecule has 168 valence electrons. The molecule has 2 aromatic carbocycles. The van der Waals surface area contributed by atoms with E-state index in [0.717, 1.165) is 51.2 Å². The number of benzene rings is 2. The molecule has 2 aromatic rings. The Balaban J connectivity index is 1.55. The average Bonchev–Trinajstić information content (AvgIpc) is 3.23. The van der Waals surface area contributed by atoms with E-state index in [1.807, 2.05) is 19.1 Å². The van der Waals surface area contributed by atoms with Crippen molar-refractivity contribution in [3.63, 3.8) is 0 Å². The first-order valence-electron chi connectivity index (χ1n) is 11.9. The molecule has 0 radical (unpaired) electrons. The fraction of sp³-hybridized carbons (Fsp3) is 0.407. The molecule has 1 amide bonds. The molecule has 32 heavy (non-hydrogen) atoms. The van der Waals surface area contributed by atoms with E-state index in [2.05, 4.69) is 59.9 Å². The van der Waals surface area contributed by atoms with Gasteiger partial charge in [-0.05, 0) is 49.0 Å². The van der Waals surface area contributed by atoms with Gasteiger partial charge < -0.3 is 10.1 Å². The number of hydrogen-bond acceptors (Lipinski definition) is 3. The predicted octanol–water partition coefficient (Wildman–Crippen LogP) is 3.80. The molecule has 2 aliphatic rings. The van der Waals surface area contributed by atoms with Gasteiger partial charge in [0.15, 0.2) is 6.54 Å².